The van der Waals surface area contributed by atoms with Crippen molar-refractivity contribution in [1.82, 2.24) is 14.8 Å². The maximum Gasteiger partial charge on any atom is 0.409 e. The highest BCUT2D eigenvalue weighted by Crippen LogP contribution is 2.25. The van der Waals surface area contributed by atoms with Gasteiger partial charge in [0.05, 0.1) is 6.61 Å². The molecule has 0 aromatic carbocycles. The van der Waals surface area contributed by atoms with Gasteiger partial charge in [-0.15, -0.1) is 0 Å². The number of piperidine rings is 1. The molecule has 1 fully saturated rings. The fraction of sp³-hybridized carbons (Fsp3) is 0.625. The summed E-state index contributed by atoms with van der Waals surface area (Å²) in [5.74, 6) is 0. The Hall–Kier alpha value is -1.62. The lowest BCUT2D eigenvalue weighted by Gasteiger charge is -2.39. The maximum absolute atomic E-state index is 11.7. The summed E-state index contributed by atoms with van der Waals surface area (Å²) in [6.07, 6.45) is 5.47. The van der Waals surface area contributed by atoms with E-state index in [0.29, 0.717) is 18.7 Å². The minimum atomic E-state index is -0.180. The second-order valence-electron chi connectivity index (χ2n) is 5.54. The predicted molar refractivity (Wildman–Crippen MR) is 82.0 cm³/mol. The average Bonchev–Trinajstić information content (AvgIpc) is 2.54. The lowest BCUT2D eigenvalue weighted by Crippen LogP contribution is -2.46. The Labute approximate surface area is 126 Å². The van der Waals surface area contributed by atoms with Crippen LogP contribution in [0.15, 0.2) is 24.5 Å². The van der Waals surface area contributed by atoms with Crippen molar-refractivity contribution in [1.29, 1.82) is 0 Å². The molecule has 1 atom stereocenters. The number of rotatable bonds is 4. The highest BCUT2D eigenvalue weighted by atomic mass is 16.6. The summed E-state index contributed by atoms with van der Waals surface area (Å²) in [5.41, 5.74) is 1.28. The van der Waals surface area contributed by atoms with Gasteiger partial charge in [-0.25, -0.2) is 4.79 Å². The molecule has 1 aliphatic rings. The van der Waals surface area contributed by atoms with Crippen molar-refractivity contribution in [3.05, 3.63) is 30.1 Å². The number of hydrogen-bond acceptors (Lipinski definition) is 4. The molecule has 0 N–H and O–H groups in total. The predicted octanol–water partition coefficient (Wildman–Crippen LogP) is 2.70. The number of nitrogens with zero attached hydrogens (tertiary/aromatic N) is 3. The van der Waals surface area contributed by atoms with Crippen molar-refractivity contribution in [3.63, 3.8) is 0 Å². The third kappa shape index (κ3) is 3.94. The van der Waals surface area contributed by atoms with E-state index in [9.17, 15) is 4.79 Å². The van der Waals surface area contributed by atoms with E-state index in [1.807, 2.05) is 24.2 Å². The standard InChI is InChI=1S/C16H25N3O2/c1-4-21-16(20)19-11-7-15(8-12-19)18(3)13(2)14-5-9-17-10-6-14/h5-6,9-10,13,15H,4,7-8,11-12H2,1-3H3. The molecule has 2 heterocycles. The van der Waals surface area contributed by atoms with Gasteiger partial charge in [0, 0.05) is 37.6 Å². The Morgan fingerprint density at radius 3 is 2.62 bits per heavy atom. The Morgan fingerprint density at radius 1 is 1.43 bits per heavy atom. The summed E-state index contributed by atoms with van der Waals surface area (Å²) in [7, 11) is 2.16. The van der Waals surface area contributed by atoms with Gasteiger partial charge in [0.2, 0.25) is 0 Å². The fourth-order valence-corrected chi connectivity index (χ4v) is 2.86. The lowest BCUT2D eigenvalue weighted by atomic mass is 10.00. The molecule has 2 rings (SSSR count). The van der Waals surface area contributed by atoms with Gasteiger partial charge >= 0.3 is 6.09 Å². The van der Waals surface area contributed by atoms with E-state index < -0.39 is 0 Å². The van der Waals surface area contributed by atoms with Crippen LogP contribution in [0.25, 0.3) is 0 Å². The summed E-state index contributed by atoms with van der Waals surface area (Å²) in [6.45, 7) is 6.05. The number of carbonyl (C=O) groups excluding carboxylic acids is 1. The van der Waals surface area contributed by atoms with Gasteiger partial charge in [0.25, 0.3) is 0 Å². The van der Waals surface area contributed by atoms with Crippen molar-refractivity contribution >= 4 is 6.09 Å². The Bertz CT molecular complexity index is 444. The van der Waals surface area contributed by atoms with E-state index in [2.05, 4.69) is 36.0 Å². The topological polar surface area (TPSA) is 45.7 Å². The number of amides is 1. The number of aromatic nitrogens is 1. The van der Waals surface area contributed by atoms with Crippen LogP contribution < -0.4 is 0 Å². The first-order valence-corrected chi connectivity index (χ1v) is 7.67. The molecule has 1 aliphatic heterocycles. The van der Waals surface area contributed by atoms with E-state index >= 15 is 0 Å². The Balaban J connectivity index is 1.88. The quantitative estimate of drug-likeness (QED) is 0.855. The maximum atomic E-state index is 11.7. The molecule has 5 nitrogen and oxygen atoms in total. The first-order valence-electron chi connectivity index (χ1n) is 7.67. The van der Waals surface area contributed by atoms with Gasteiger partial charge in [-0.1, -0.05) is 0 Å². The van der Waals surface area contributed by atoms with Crippen LogP contribution in [0.5, 0.6) is 0 Å². The molecule has 116 valence electrons. The molecular formula is C16H25N3O2. The van der Waals surface area contributed by atoms with E-state index in [-0.39, 0.29) is 6.09 Å². The van der Waals surface area contributed by atoms with Crippen molar-refractivity contribution < 1.29 is 9.53 Å². The van der Waals surface area contributed by atoms with Crippen LogP contribution in [0.1, 0.15) is 38.3 Å². The number of carbonyl (C=O) groups is 1. The minimum Gasteiger partial charge on any atom is -0.450 e. The smallest absolute Gasteiger partial charge is 0.409 e. The second kappa shape index (κ2) is 7.41. The number of hydrogen-bond donors (Lipinski definition) is 0. The van der Waals surface area contributed by atoms with Crippen LogP contribution in [0.3, 0.4) is 0 Å². The molecule has 1 unspecified atom stereocenters. The lowest BCUT2D eigenvalue weighted by molar-refractivity contribution is 0.0721. The zero-order valence-corrected chi connectivity index (χ0v) is 13.2. The highest BCUT2D eigenvalue weighted by Gasteiger charge is 2.28. The molecule has 21 heavy (non-hydrogen) atoms. The van der Waals surface area contributed by atoms with Crippen molar-refractivity contribution in [2.24, 2.45) is 0 Å². The number of likely N-dealkylation sites (tertiary alicyclic amines) is 1. The van der Waals surface area contributed by atoms with Crippen molar-refractivity contribution in [2.45, 2.75) is 38.8 Å². The summed E-state index contributed by atoms with van der Waals surface area (Å²) >= 11 is 0. The Morgan fingerprint density at radius 2 is 2.05 bits per heavy atom. The van der Waals surface area contributed by atoms with Crippen LogP contribution in [0.4, 0.5) is 4.79 Å². The molecule has 0 spiro atoms. The molecular weight excluding hydrogens is 266 g/mol. The molecule has 5 heteroatoms. The monoisotopic (exact) mass is 291 g/mol. The molecule has 0 saturated carbocycles. The third-order valence-electron chi connectivity index (χ3n) is 4.37. The third-order valence-corrected chi connectivity index (χ3v) is 4.37. The molecule has 1 saturated heterocycles. The van der Waals surface area contributed by atoms with Crippen LogP contribution in [0.2, 0.25) is 0 Å². The zero-order chi connectivity index (χ0) is 15.2. The Kier molecular flexibility index (Phi) is 5.56. The largest absolute Gasteiger partial charge is 0.450 e. The number of pyridine rings is 1. The van der Waals surface area contributed by atoms with Crippen LogP contribution in [0, 0.1) is 0 Å². The first kappa shape index (κ1) is 15.8. The van der Waals surface area contributed by atoms with Crippen molar-refractivity contribution in [2.75, 3.05) is 26.7 Å². The molecule has 0 radical (unpaired) electrons. The summed E-state index contributed by atoms with van der Waals surface area (Å²) in [6, 6.07) is 4.98. The molecule has 1 aromatic heterocycles. The summed E-state index contributed by atoms with van der Waals surface area (Å²) < 4.78 is 5.06. The number of ether oxygens (including phenoxy) is 1. The van der Waals surface area contributed by atoms with Gasteiger partial charge < -0.3 is 9.64 Å². The second-order valence-corrected chi connectivity index (χ2v) is 5.54. The normalized spacial score (nSPS) is 17.8. The van der Waals surface area contributed by atoms with E-state index in [4.69, 9.17) is 4.74 Å². The molecule has 0 aliphatic carbocycles. The van der Waals surface area contributed by atoms with Crippen LogP contribution >= 0.6 is 0 Å². The fourth-order valence-electron chi connectivity index (χ4n) is 2.86. The minimum absolute atomic E-state index is 0.180. The highest BCUT2D eigenvalue weighted by molar-refractivity contribution is 5.67. The van der Waals surface area contributed by atoms with Crippen LogP contribution in [-0.2, 0) is 4.74 Å². The SMILES string of the molecule is CCOC(=O)N1CCC(N(C)C(C)c2ccncc2)CC1. The van der Waals surface area contributed by atoms with Gasteiger partial charge in [-0.2, -0.15) is 0 Å². The van der Waals surface area contributed by atoms with Gasteiger partial charge in [0.15, 0.2) is 0 Å². The van der Waals surface area contributed by atoms with Crippen LogP contribution in [-0.4, -0.2) is 53.7 Å². The van der Waals surface area contributed by atoms with Gasteiger partial charge in [-0.05, 0) is 51.4 Å². The van der Waals surface area contributed by atoms with E-state index in [1.165, 1.54) is 5.56 Å². The molecule has 1 amide bonds. The summed E-state index contributed by atoms with van der Waals surface area (Å²) in [4.78, 5) is 20.0. The van der Waals surface area contributed by atoms with E-state index in [1.54, 1.807) is 0 Å². The summed E-state index contributed by atoms with van der Waals surface area (Å²) in [5, 5.41) is 0. The molecule has 0 bridgehead atoms. The van der Waals surface area contributed by atoms with Crippen molar-refractivity contribution in [3.8, 4) is 0 Å². The van der Waals surface area contributed by atoms with E-state index in [0.717, 1.165) is 25.9 Å². The molecule has 1 aromatic rings. The average molecular weight is 291 g/mol. The van der Waals surface area contributed by atoms with Gasteiger partial charge in [-0.3, -0.25) is 9.88 Å². The first-order chi connectivity index (χ1) is 10.1. The zero-order valence-electron chi connectivity index (χ0n) is 13.2. The van der Waals surface area contributed by atoms with Gasteiger partial charge in [0.1, 0.15) is 0 Å².